The molecule has 0 bridgehead atoms. The van der Waals surface area contributed by atoms with E-state index in [0.717, 1.165) is 18.4 Å². The van der Waals surface area contributed by atoms with Crippen LogP contribution >= 0.6 is 0 Å². The molecule has 1 amide bonds. The molecule has 0 radical (unpaired) electrons. The smallest absolute Gasteiger partial charge is 0.225 e. The summed E-state index contributed by atoms with van der Waals surface area (Å²) >= 11 is 0. The first-order valence-corrected chi connectivity index (χ1v) is 9.26. The maximum atomic E-state index is 12.5. The largest absolute Gasteiger partial charge is 0.340 e. The first-order valence-electron chi connectivity index (χ1n) is 7.54. The molecular weight excluding hydrogens is 286 g/mol. The number of rotatable bonds is 4. The summed E-state index contributed by atoms with van der Waals surface area (Å²) < 4.78 is 24.6. The van der Waals surface area contributed by atoms with E-state index in [4.69, 9.17) is 0 Å². The molecule has 1 aliphatic rings. The highest BCUT2D eigenvalue weighted by atomic mass is 32.2. The highest BCUT2D eigenvalue weighted by Gasteiger charge is 2.37. The van der Waals surface area contributed by atoms with Gasteiger partial charge in [-0.05, 0) is 18.4 Å². The van der Waals surface area contributed by atoms with Gasteiger partial charge < -0.3 is 4.90 Å². The Morgan fingerprint density at radius 2 is 1.86 bits per heavy atom. The summed E-state index contributed by atoms with van der Waals surface area (Å²) in [6.07, 6.45) is 1.60. The van der Waals surface area contributed by atoms with Gasteiger partial charge in [-0.3, -0.25) is 4.79 Å². The fourth-order valence-electron chi connectivity index (χ4n) is 2.86. The van der Waals surface area contributed by atoms with Crippen LogP contribution in [0.15, 0.2) is 30.3 Å². The number of nitrogens with zero attached hydrogens (tertiary/aromatic N) is 1. The summed E-state index contributed by atoms with van der Waals surface area (Å²) in [7, 11) is -3.18. The second kappa shape index (κ2) is 6.60. The molecule has 1 aromatic carbocycles. The summed E-state index contributed by atoms with van der Waals surface area (Å²) in [6, 6.07) is 9.20. The maximum absolute atomic E-state index is 12.5. The van der Waals surface area contributed by atoms with Crippen LogP contribution < -0.4 is 0 Å². The van der Waals surface area contributed by atoms with E-state index in [2.05, 4.69) is 0 Å². The summed E-state index contributed by atoms with van der Waals surface area (Å²) in [5.74, 6) is 0.149. The predicted octanol–water partition coefficient (Wildman–Crippen LogP) is 2.42. The number of benzene rings is 1. The van der Waals surface area contributed by atoms with Gasteiger partial charge in [-0.15, -0.1) is 0 Å². The molecule has 1 atom stereocenters. The molecule has 1 saturated heterocycles. The summed E-state index contributed by atoms with van der Waals surface area (Å²) in [4.78, 5) is 14.2. The van der Waals surface area contributed by atoms with Crippen molar-refractivity contribution in [3.63, 3.8) is 0 Å². The lowest BCUT2D eigenvalue weighted by atomic mass is 10.0. The lowest BCUT2D eigenvalue weighted by Crippen LogP contribution is -2.47. The molecule has 0 spiro atoms. The van der Waals surface area contributed by atoms with Crippen molar-refractivity contribution in [2.75, 3.05) is 18.8 Å². The number of carbonyl (C=O) groups is 1. The monoisotopic (exact) mass is 309 g/mol. The zero-order valence-electron chi connectivity index (χ0n) is 12.7. The minimum atomic E-state index is -3.18. The van der Waals surface area contributed by atoms with Crippen LogP contribution in [-0.4, -0.2) is 38.1 Å². The van der Waals surface area contributed by atoms with Gasteiger partial charge in [0.05, 0.1) is 5.75 Å². The van der Waals surface area contributed by atoms with Crippen LogP contribution in [0.5, 0.6) is 0 Å². The molecule has 4 nitrogen and oxygen atoms in total. The highest BCUT2D eigenvalue weighted by Crippen LogP contribution is 2.29. The van der Waals surface area contributed by atoms with E-state index in [1.165, 1.54) is 0 Å². The van der Waals surface area contributed by atoms with Crippen molar-refractivity contribution >= 4 is 15.7 Å². The topological polar surface area (TPSA) is 54.5 Å². The van der Waals surface area contributed by atoms with Crippen LogP contribution in [-0.2, 0) is 14.6 Å². The van der Waals surface area contributed by atoms with Crippen molar-refractivity contribution in [3.8, 4) is 0 Å². The van der Waals surface area contributed by atoms with Crippen molar-refractivity contribution in [3.05, 3.63) is 35.9 Å². The lowest BCUT2D eigenvalue weighted by Gasteiger charge is -2.34. The molecule has 0 aliphatic carbocycles. The van der Waals surface area contributed by atoms with Crippen LogP contribution in [0.1, 0.15) is 37.5 Å². The van der Waals surface area contributed by atoms with E-state index in [-0.39, 0.29) is 24.1 Å². The zero-order chi connectivity index (χ0) is 15.5. The van der Waals surface area contributed by atoms with Gasteiger partial charge in [-0.25, -0.2) is 8.42 Å². The summed E-state index contributed by atoms with van der Waals surface area (Å²) in [5, 5.41) is -0.592. The Labute approximate surface area is 127 Å². The van der Waals surface area contributed by atoms with Crippen LogP contribution in [0, 0.1) is 5.92 Å². The first-order chi connectivity index (χ1) is 9.99. The van der Waals surface area contributed by atoms with Gasteiger partial charge >= 0.3 is 0 Å². The van der Waals surface area contributed by atoms with Crippen molar-refractivity contribution < 1.29 is 13.2 Å². The molecule has 0 N–H and O–H groups in total. The Morgan fingerprint density at radius 3 is 2.43 bits per heavy atom. The Balaban J connectivity index is 2.22. The van der Waals surface area contributed by atoms with Gasteiger partial charge in [0.1, 0.15) is 5.25 Å². The second-order valence-corrected chi connectivity index (χ2v) is 7.87. The van der Waals surface area contributed by atoms with E-state index in [1.54, 1.807) is 4.90 Å². The third-order valence-electron chi connectivity index (χ3n) is 4.28. The van der Waals surface area contributed by atoms with Crippen LogP contribution in [0.25, 0.3) is 0 Å². The number of amides is 1. The van der Waals surface area contributed by atoms with Crippen LogP contribution in [0.4, 0.5) is 0 Å². The molecule has 1 aliphatic heterocycles. The minimum Gasteiger partial charge on any atom is -0.340 e. The van der Waals surface area contributed by atoms with Gasteiger partial charge in [-0.2, -0.15) is 0 Å². The molecule has 5 heteroatoms. The van der Waals surface area contributed by atoms with Crippen LogP contribution in [0.2, 0.25) is 0 Å². The van der Waals surface area contributed by atoms with Crippen molar-refractivity contribution in [1.29, 1.82) is 0 Å². The van der Waals surface area contributed by atoms with Gasteiger partial charge in [0.15, 0.2) is 9.84 Å². The molecular formula is C16H23NO3S. The van der Waals surface area contributed by atoms with Gasteiger partial charge in [0.2, 0.25) is 5.91 Å². The number of sulfone groups is 1. The zero-order valence-corrected chi connectivity index (χ0v) is 13.5. The van der Waals surface area contributed by atoms with Crippen LogP contribution in [0.3, 0.4) is 0 Å². The molecule has 21 heavy (non-hydrogen) atoms. The SMILES string of the molecule is CCC(CC)C(=O)N1CCS(=O)(=O)C(c2ccccc2)C1. The second-order valence-electron chi connectivity index (χ2n) is 5.56. The fourth-order valence-corrected chi connectivity index (χ4v) is 4.60. The van der Waals surface area contributed by atoms with Crippen molar-refractivity contribution in [2.24, 2.45) is 5.92 Å². The third kappa shape index (κ3) is 3.46. The maximum Gasteiger partial charge on any atom is 0.225 e. The average Bonchev–Trinajstić information content (AvgIpc) is 2.49. The normalized spacial score (nSPS) is 21.5. The quantitative estimate of drug-likeness (QED) is 0.858. The molecule has 0 saturated carbocycles. The molecule has 0 aromatic heterocycles. The summed E-state index contributed by atoms with van der Waals surface area (Å²) in [6.45, 7) is 4.60. The molecule has 1 unspecified atom stereocenters. The molecule has 116 valence electrons. The average molecular weight is 309 g/mol. The lowest BCUT2D eigenvalue weighted by molar-refractivity contribution is -0.135. The molecule has 1 aromatic rings. The minimum absolute atomic E-state index is 0.00206. The predicted molar refractivity (Wildman–Crippen MR) is 83.6 cm³/mol. The molecule has 2 rings (SSSR count). The standard InChI is InChI=1S/C16H23NO3S/c1-3-13(4-2)16(18)17-10-11-21(19,20)15(12-17)14-8-6-5-7-9-14/h5-9,13,15H,3-4,10-12H2,1-2H3. The first kappa shape index (κ1) is 16.0. The highest BCUT2D eigenvalue weighted by molar-refractivity contribution is 7.91. The van der Waals surface area contributed by atoms with E-state index >= 15 is 0 Å². The van der Waals surface area contributed by atoms with Crippen molar-refractivity contribution in [2.45, 2.75) is 31.9 Å². The Morgan fingerprint density at radius 1 is 1.24 bits per heavy atom. The Hall–Kier alpha value is -1.36. The number of hydrogen-bond acceptors (Lipinski definition) is 3. The van der Waals surface area contributed by atoms with E-state index in [0.29, 0.717) is 6.54 Å². The van der Waals surface area contributed by atoms with Crippen molar-refractivity contribution in [1.82, 2.24) is 4.90 Å². The third-order valence-corrected chi connectivity index (χ3v) is 6.32. The van der Waals surface area contributed by atoms with E-state index < -0.39 is 15.1 Å². The summed E-state index contributed by atoms with van der Waals surface area (Å²) in [5.41, 5.74) is 0.777. The molecule has 1 fully saturated rings. The number of hydrogen-bond donors (Lipinski definition) is 0. The van der Waals surface area contributed by atoms with Gasteiger partial charge in [0, 0.05) is 19.0 Å². The van der Waals surface area contributed by atoms with Gasteiger partial charge in [-0.1, -0.05) is 44.2 Å². The number of carbonyl (C=O) groups excluding carboxylic acids is 1. The fraction of sp³-hybridized carbons (Fsp3) is 0.562. The Kier molecular flexibility index (Phi) is 5.04. The van der Waals surface area contributed by atoms with E-state index in [1.807, 2.05) is 44.2 Å². The van der Waals surface area contributed by atoms with E-state index in [9.17, 15) is 13.2 Å². The molecule has 1 heterocycles. The van der Waals surface area contributed by atoms with Gasteiger partial charge in [0.25, 0.3) is 0 Å². The Bertz CT molecular complexity index is 579.